The summed E-state index contributed by atoms with van der Waals surface area (Å²) in [5, 5.41) is 6.88. The van der Waals surface area contributed by atoms with Crippen molar-refractivity contribution in [3.05, 3.63) is 46.3 Å². The van der Waals surface area contributed by atoms with Gasteiger partial charge < -0.3 is 14.6 Å². The van der Waals surface area contributed by atoms with Gasteiger partial charge in [-0.05, 0) is 45.0 Å². The number of nitrogens with zero attached hydrogens (tertiary/aromatic N) is 1. The molecule has 0 saturated heterocycles. The van der Waals surface area contributed by atoms with Crippen LogP contribution in [0.1, 0.15) is 28.7 Å². The summed E-state index contributed by atoms with van der Waals surface area (Å²) in [5.41, 5.74) is 1.23. The molecule has 0 spiro atoms. The molecule has 2 rings (SSSR count). The third kappa shape index (κ3) is 3.65. The Balaban J connectivity index is 1.99. The highest BCUT2D eigenvalue weighted by Crippen LogP contribution is 2.16. The zero-order valence-electron chi connectivity index (χ0n) is 12.3. The third-order valence-electron chi connectivity index (χ3n) is 3.00. The number of halogens is 1. The molecule has 1 N–H and O–H groups in total. The average Bonchev–Trinajstić information content (AvgIpc) is 2.80. The van der Waals surface area contributed by atoms with Gasteiger partial charge in [0, 0.05) is 10.7 Å². The number of anilines is 1. The summed E-state index contributed by atoms with van der Waals surface area (Å²) in [6.45, 7) is 4.72. The maximum Gasteiger partial charge on any atom is 0.344 e. The molecule has 0 radical (unpaired) electrons. The van der Waals surface area contributed by atoms with Crippen molar-refractivity contribution in [2.45, 2.75) is 26.9 Å². The first-order chi connectivity index (χ1) is 10.4. The minimum atomic E-state index is -0.961. The van der Waals surface area contributed by atoms with Gasteiger partial charge in [-0.25, -0.2) is 4.79 Å². The molecule has 2 aromatic rings. The molecule has 1 heterocycles. The maximum atomic E-state index is 12.0. The largest absolute Gasteiger partial charge is 0.449 e. The fraction of sp³-hybridized carbons (Fsp3) is 0.267. The van der Waals surface area contributed by atoms with Crippen LogP contribution in [0.5, 0.6) is 0 Å². The average molecular weight is 323 g/mol. The number of aryl methyl sites for hydroxylation is 2. The molecule has 1 amide bonds. The molecule has 22 heavy (non-hydrogen) atoms. The second kappa shape index (κ2) is 6.62. The van der Waals surface area contributed by atoms with Crippen LogP contribution in [-0.4, -0.2) is 23.1 Å². The molecule has 0 unspecified atom stereocenters. The summed E-state index contributed by atoms with van der Waals surface area (Å²) < 4.78 is 10.0. The number of benzene rings is 1. The van der Waals surface area contributed by atoms with Crippen molar-refractivity contribution in [2.75, 3.05) is 5.32 Å². The lowest BCUT2D eigenvalue weighted by atomic mass is 10.2. The Bertz CT molecular complexity index is 675. The van der Waals surface area contributed by atoms with E-state index in [0.717, 1.165) is 0 Å². The molecule has 0 bridgehead atoms. The van der Waals surface area contributed by atoms with Crippen LogP contribution in [0.3, 0.4) is 0 Å². The monoisotopic (exact) mass is 322 g/mol. The number of hydrogen-bond donors (Lipinski definition) is 1. The van der Waals surface area contributed by atoms with Gasteiger partial charge >= 0.3 is 5.97 Å². The lowest BCUT2D eigenvalue weighted by Gasteiger charge is -2.13. The predicted octanol–water partition coefficient (Wildman–Crippen LogP) is 3.13. The third-order valence-corrected chi connectivity index (χ3v) is 3.25. The first-order valence-corrected chi connectivity index (χ1v) is 6.96. The van der Waals surface area contributed by atoms with Crippen molar-refractivity contribution in [1.82, 2.24) is 5.16 Å². The predicted molar refractivity (Wildman–Crippen MR) is 80.9 cm³/mol. The Morgan fingerprint density at radius 2 is 1.91 bits per heavy atom. The van der Waals surface area contributed by atoms with Crippen molar-refractivity contribution in [2.24, 2.45) is 0 Å². The highest BCUT2D eigenvalue weighted by molar-refractivity contribution is 6.30. The number of esters is 1. The Hall–Kier alpha value is -2.34. The maximum absolute atomic E-state index is 12.0. The van der Waals surface area contributed by atoms with Crippen LogP contribution in [0.2, 0.25) is 5.02 Å². The molecular formula is C15H15ClN2O4. The van der Waals surface area contributed by atoms with Crippen LogP contribution in [0.15, 0.2) is 28.8 Å². The number of ether oxygens (including phenoxy) is 1. The Kier molecular flexibility index (Phi) is 4.82. The number of carbonyl (C=O) groups excluding carboxylic acids is 2. The van der Waals surface area contributed by atoms with Gasteiger partial charge in [-0.15, -0.1) is 0 Å². The van der Waals surface area contributed by atoms with E-state index in [1.165, 1.54) is 6.92 Å². The summed E-state index contributed by atoms with van der Waals surface area (Å²) in [4.78, 5) is 24.1. The molecule has 6 nitrogen and oxygen atoms in total. The molecule has 0 saturated carbocycles. The summed E-state index contributed by atoms with van der Waals surface area (Å²) in [5.74, 6) is -0.731. The van der Waals surface area contributed by atoms with Gasteiger partial charge in [0.15, 0.2) is 6.10 Å². The Morgan fingerprint density at radius 3 is 2.45 bits per heavy atom. The van der Waals surface area contributed by atoms with Gasteiger partial charge in [-0.3, -0.25) is 4.79 Å². The SMILES string of the molecule is Cc1noc(C)c1C(=O)O[C@H](C)C(=O)Nc1ccc(Cl)cc1. The molecule has 0 aliphatic heterocycles. The van der Waals surface area contributed by atoms with Gasteiger partial charge in [0.25, 0.3) is 5.91 Å². The molecule has 0 fully saturated rings. The molecular weight excluding hydrogens is 308 g/mol. The highest BCUT2D eigenvalue weighted by atomic mass is 35.5. The summed E-state index contributed by atoms with van der Waals surface area (Å²) in [6.07, 6.45) is -0.961. The van der Waals surface area contributed by atoms with Crippen LogP contribution < -0.4 is 5.32 Å². The summed E-state index contributed by atoms with van der Waals surface area (Å²) >= 11 is 5.77. The first kappa shape index (κ1) is 16.0. The van der Waals surface area contributed by atoms with Gasteiger partial charge in [0.05, 0.1) is 5.69 Å². The summed E-state index contributed by atoms with van der Waals surface area (Å²) in [6, 6.07) is 6.61. The lowest BCUT2D eigenvalue weighted by molar-refractivity contribution is -0.123. The van der Waals surface area contributed by atoms with Gasteiger partial charge in [0.1, 0.15) is 11.3 Å². The van der Waals surface area contributed by atoms with Crippen molar-refractivity contribution in [1.29, 1.82) is 0 Å². The lowest BCUT2D eigenvalue weighted by Crippen LogP contribution is -2.30. The van der Waals surface area contributed by atoms with E-state index in [1.54, 1.807) is 38.1 Å². The standard InChI is InChI=1S/C15H15ClN2O4/c1-8-13(9(2)22-18-8)15(20)21-10(3)14(19)17-12-6-4-11(16)5-7-12/h4-7,10H,1-3H3,(H,17,19)/t10-/m1/s1. The van der Waals surface area contributed by atoms with Gasteiger partial charge in [0.2, 0.25) is 0 Å². The van der Waals surface area contributed by atoms with Crippen LogP contribution in [0.4, 0.5) is 5.69 Å². The molecule has 1 aromatic heterocycles. The quantitative estimate of drug-likeness (QED) is 0.874. The van der Waals surface area contributed by atoms with Gasteiger partial charge in [-0.2, -0.15) is 0 Å². The molecule has 1 aromatic carbocycles. The topological polar surface area (TPSA) is 81.4 Å². The van der Waals surface area contributed by atoms with Crippen molar-refractivity contribution < 1.29 is 18.8 Å². The molecule has 116 valence electrons. The first-order valence-electron chi connectivity index (χ1n) is 6.58. The normalized spacial score (nSPS) is 11.8. The van der Waals surface area contributed by atoms with Crippen LogP contribution in [-0.2, 0) is 9.53 Å². The minimum Gasteiger partial charge on any atom is -0.449 e. The number of hydrogen-bond acceptors (Lipinski definition) is 5. The Morgan fingerprint density at radius 1 is 1.27 bits per heavy atom. The van der Waals surface area contributed by atoms with Crippen molar-refractivity contribution in [3.63, 3.8) is 0 Å². The van der Waals surface area contributed by atoms with E-state index in [4.69, 9.17) is 20.9 Å². The number of carbonyl (C=O) groups is 2. The van der Waals surface area contributed by atoms with Crippen LogP contribution in [0.25, 0.3) is 0 Å². The Labute approximate surface area is 132 Å². The van der Waals surface area contributed by atoms with E-state index >= 15 is 0 Å². The molecule has 7 heteroatoms. The second-order valence-electron chi connectivity index (χ2n) is 4.74. The van der Waals surface area contributed by atoms with E-state index in [0.29, 0.717) is 22.2 Å². The second-order valence-corrected chi connectivity index (χ2v) is 5.18. The molecule has 0 aliphatic rings. The van der Waals surface area contributed by atoms with Crippen molar-refractivity contribution in [3.8, 4) is 0 Å². The number of amides is 1. The number of nitrogens with one attached hydrogen (secondary N) is 1. The number of aromatic nitrogens is 1. The molecule has 0 aliphatic carbocycles. The fourth-order valence-electron chi connectivity index (χ4n) is 1.82. The minimum absolute atomic E-state index is 0.242. The fourth-order valence-corrected chi connectivity index (χ4v) is 1.95. The van der Waals surface area contributed by atoms with Gasteiger partial charge in [-0.1, -0.05) is 16.8 Å². The van der Waals surface area contributed by atoms with E-state index in [1.807, 2.05) is 0 Å². The van der Waals surface area contributed by atoms with E-state index in [-0.39, 0.29) is 5.56 Å². The molecule has 1 atom stereocenters. The van der Waals surface area contributed by atoms with Crippen molar-refractivity contribution >= 4 is 29.2 Å². The number of rotatable bonds is 4. The smallest absolute Gasteiger partial charge is 0.344 e. The summed E-state index contributed by atoms with van der Waals surface area (Å²) in [7, 11) is 0. The zero-order chi connectivity index (χ0) is 16.3. The van der Waals surface area contributed by atoms with Crippen LogP contribution >= 0.6 is 11.6 Å². The van der Waals surface area contributed by atoms with E-state index < -0.39 is 18.0 Å². The highest BCUT2D eigenvalue weighted by Gasteiger charge is 2.24. The zero-order valence-corrected chi connectivity index (χ0v) is 13.1. The van der Waals surface area contributed by atoms with E-state index in [2.05, 4.69) is 10.5 Å². The van der Waals surface area contributed by atoms with E-state index in [9.17, 15) is 9.59 Å². The van der Waals surface area contributed by atoms with Crippen LogP contribution in [0, 0.1) is 13.8 Å².